The summed E-state index contributed by atoms with van der Waals surface area (Å²) in [6.07, 6.45) is 8.50. The topological polar surface area (TPSA) is 77.3 Å². The summed E-state index contributed by atoms with van der Waals surface area (Å²) in [5.74, 6) is 1.81. The maximum absolute atomic E-state index is 5.81. The van der Waals surface area contributed by atoms with Gasteiger partial charge in [0, 0.05) is 39.3 Å². The molecule has 2 unspecified atom stereocenters. The predicted molar refractivity (Wildman–Crippen MR) is 120 cm³/mol. The maximum Gasteiger partial charge on any atom is 0.191 e. The van der Waals surface area contributed by atoms with Crippen molar-refractivity contribution in [2.75, 3.05) is 46.1 Å². The number of nitrogens with one attached hydrogen (secondary N) is 2. The van der Waals surface area contributed by atoms with Crippen molar-refractivity contribution < 1.29 is 18.6 Å². The zero-order chi connectivity index (χ0) is 18.6. The highest BCUT2D eigenvalue weighted by Crippen LogP contribution is 2.12. The van der Waals surface area contributed by atoms with Crippen molar-refractivity contribution in [2.24, 2.45) is 4.99 Å². The van der Waals surface area contributed by atoms with Crippen LogP contribution in [0.4, 0.5) is 0 Å². The fourth-order valence-electron chi connectivity index (χ4n) is 3.25. The number of furan rings is 1. The average molecular weight is 507 g/mol. The second-order valence-electron chi connectivity index (χ2n) is 7.07. The lowest BCUT2D eigenvalue weighted by Gasteiger charge is -2.21. The zero-order valence-electron chi connectivity index (χ0n) is 16.6. The lowest BCUT2D eigenvalue weighted by Crippen LogP contribution is -2.40. The van der Waals surface area contributed by atoms with Crippen LogP contribution in [0.1, 0.15) is 37.9 Å². The van der Waals surface area contributed by atoms with Gasteiger partial charge in [0.1, 0.15) is 5.76 Å². The van der Waals surface area contributed by atoms with Crippen molar-refractivity contribution in [3.8, 4) is 0 Å². The maximum atomic E-state index is 5.81. The molecule has 1 aromatic rings. The molecule has 2 aliphatic rings. The largest absolute Gasteiger partial charge is 0.469 e. The number of guanidine groups is 1. The summed E-state index contributed by atoms with van der Waals surface area (Å²) < 4.78 is 22.3. The van der Waals surface area contributed by atoms with E-state index >= 15 is 0 Å². The van der Waals surface area contributed by atoms with Gasteiger partial charge in [0.25, 0.3) is 0 Å². The van der Waals surface area contributed by atoms with Crippen LogP contribution >= 0.6 is 24.0 Å². The second-order valence-corrected chi connectivity index (χ2v) is 7.07. The zero-order valence-corrected chi connectivity index (χ0v) is 18.9. The van der Waals surface area contributed by atoms with Gasteiger partial charge in [0.2, 0.25) is 0 Å². The molecule has 160 valence electrons. The molecule has 0 spiro atoms. The number of aliphatic imine (C=N–C) groups is 1. The van der Waals surface area contributed by atoms with Gasteiger partial charge < -0.3 is 29.3 Å². The summed E-state index contributed by atoms with van der Waals surface area (Å²) in [4.78, 5) is 4.72. The van der Waals surface area contributed by atoms with Gasteiger partial charge in [0.15, 0.2) is 5.96 Å². The van der Waals surface area contributed by atoms with Crippen LogP contribution < -0.4 is 10.6 Å². The predicted octanol–water partition coefficient (Wildman–Crippen LogP) is 2.74. The Bertz CT molecular complexity index is 530. The highest BCUT2D eigenvalue weighted by molar-refractivity contribution is 14.0. The first kappa shape index (κ1) is 23.4. The molecule has 2 fully saturated rings. The molecule has 0 aromatic carbocycles. The van der Waals surface area contributed by atoms with E-state index in [-0.39, 0.29) is 36.2 Å². The highest BCUT2D eigenvalue weighted by atomic mass is 127. The third kappa shape index (κ3) is 9.11. The summed E-state index contributed by atoms with van der Waals surface area (Å²) in [6, 6.07) is 3.91. The van der Waals surface area contributed by atoms with Crippen LogP contribution in [0.5, 0.6) is 0 Å². The minimum Gasteiger partial charge on any atom is -0.469 e. The molecule has 0 radical (unpaired) electrons. The van der Waals surface area contributed by atoms with Crippen LogP contribution in [-0.4, -0.2) is 64.2 Å². The third-order valence-electron chi connectivity index (χ3n) is 4.83. The van der Waals surface area contributed by atoms with Crippen LogP contribution in [0.25, 0.3) is 0 Å². The van der Waals surface area contributed by atoms with Crippen LogP contribution in [0.3, 0.4) is 0 Å². The van der Waals surface area contributed by atoms with Gasteiger partial charge >= 0.3 is 0 Å². The molecule has 8 heteroatoms. The number of hydrogen-bond acceptors (Lipinski definition) is 5. The molecule has 2 atom stereocenters. The van der Waals surface area contributed by atoms with Gasteiger partial charge in [0.05, 0.1) is 31.6 Å². The number of hydrogen-bond donors (Lipinski definition) is 2. The van der Waals surface area contributed by atoms with Gasteiger partial charge in [-0.1, -0.05) is 0 Å². The quantitative estimate of drug-likeness (QED) is 0.220. The van der Waals surface area contributed by atoms with Crippen molar-refractivity contribution >= 4 is 29.9 Å². The smallest absolute Gasteiger partial charge is 0.191 e. The van der Waals surface area contributed by atoms with E-state index in [2.05, 4.69) is 10.6 Å². The SMILES string of the molecule is I.c1coc(CCNC(=NCC2CCCCO2)NCCCOC2CCOC2)c1. The Labute approximate surface area is 185 Å². The summed E-state index contributed by atoms with van der Waals surface area (Å²) >= 11 is 0. The van der Waals surface area contributed by atoms with E-state index in [1.165, 1.54) is 12.8 Å². The Kier molecular flexibility index (Phi) is 11.9. The first-order chi connectivity index (χ1) is 13.4. The minimum atomic E-state index is 0. The molecule has 0 amide bonds. The summed E-state index contributed by atoms with van der Waals surface area (Å²) in [5.41, 5.74) is 0. The van der Waals surface area contributed by atoms with Gasteiger partial charge in [-0.2, -0.15) is 0 Å². The Balaban J connectivity index is 0.00000280. The highest BCUT2D eigenvalue weighted by Gasteiger charge is 2.15. The average Bonchev–Trinajstić information content (AvgIpc) is 3.40. The Hall–Kier alpha value is -0.840. The summed E-state index contributed by atoms with van der Waals surface area (Å²) in [7, 11) is 0. The summed E-state index contributed by atoms with van der Waals surface area (Å²) in [6.45, 7) is 5.46. The van der Waals surface area contributed by atoms with Crippen molar-refractivity contribution in [3.63, 3.8) is 0 Å². The Morgan fingerprint density at radius 2 is 2.11 bits per heavy atom. The molecular formula is C20H34IN3O4. The van der Waals surface area contributed by atoms with Crippen molar-refractivity contribution in [3.05, 3.63) is 24.2 Å². The number of halogens is 1. The van der Waals surface area contributed by atoms with Crippen molar-refractivity contribution in [1.82, 2.24) is 10.6 Å². The van der Waals surface area contributed by atoms with Crippen molar-refractivity contribution in [2.45, 2.75) is 50.7 Å². The molecule has 7 nitrogen and oxygen atoms in total. The van der Waals surface area contributed by atoms with Gasteiger partial charge in [-0.3, -0.25) is 4.99 Å². The van der Waals surface area contributed by atoms with Gasteiger partial charge in [-0.15, -0.1) is 24.0 Å². The molecule has 0 aliphatic carbocycles. The van der Waals surface area contributed by atoms with E-state index in [9.17, 15) is 0 Å². The monoisotopic (exact) mass is 507 g/mol. The molecule has 1 aromatic heterocycles. The van der Waals surface area contributed by atoms with E-state index < -0.39 is 0 Å². The van der Waals surface area contributed by atoms with E-state index in [4.69, 9.17) is 23.6 Å². The molecule has 2 aliphatic heterocycles. The van der Waals surface area contributed by atoms with Gasteiger partial charge in [-0.05, 0) is 44.2 Å². The fourth-order valence-corrected chi connectivity index (χ4v) is 3.25. The molecule has 3 rings (SSSR count). The fraction of sp³-hybridized carbons (Fsp3) is 0.750. The molecule has 28 heavy (non-hydrogen) atoms. The second kappa shape index (κ2) is 14.2. The molecule has 0 saturated carbocycles. The van der Waals surface area contributed by atoms with E-state index in [0.29, 0.717) is 6.54 Å². The lowest BCUT2D eigenvalue weighted by atomic mass is 10.1. The Morgan fingerprint density at radius 3 is 2.86 bits per heavy atom. The molecule has 2 N–H and O–H groups in total. The van der Waals surface area contributed by atoms with E-state index in [1.54, 1.807) is 6.26 Å². The minimum absolute atomic E-state index is 0. The van der Waals surface area contributed by atoms with Gasteiger partial charge in [-0.25, -0.2) is 0 Å². The number of ether oxygens (including phenoxy) is 3. The Morgan fingerprint density at radius 1 is 1.18 bits per heavy atom. The van der Waals surface area contributed by atoms with E-state index in [0.717, 1.165) is 76.9 Å². The first-order valence-electron chi connectivity index (χ1n) is 10.3. The number of nitrogens with zero attached hydrogens (tertiary/aromatic N) is 1. The molecule has 0 bridgehead atoms. The third-order valence-corrected chi connectivity index (χ3v) is 4.83. The molecular weight excluding hydrogens is 473 g/mol. The number of rotatable bonds is 10. The van der Waals surface area contributed by atoms with Crippen molar-refractivity contribution in [1.29, 1.82) is 0 Å². The van der Waals surface area contributed by atoms with Crippen LogP contribution in [0.15, 0.2) is 27.8 Å². The molecule has 3 heterocycles. The lowest BCUT2D eigenvalue weighted by molar-refractivity contribution is 0.0224. The van der Waals surface area contributed by atoms with Crippen LogP contribution in [-0.2, 0) is 20.6 Å². The molecule has 2 saturated heterocycles. The summed E-state index contributed by atoms with van der Waals surface area (Å²) in [5, 5.41) is 6.80. The normalized spacial score (nSPS) is 22.6. The first-order valence-corrected chi connectivity index (χ1v) is 10.3. The standard InChI is InChI=1S/C20H33N3O4.HI/c1-2-11-26-18(5-1)15-23-20(22-10-7-17-6-3-12-25-17)21-9-4-13-27-19-8-14-24-16-19;/h3,6,12,18-19H,1-2,4-5,7-11,13-16H2,(H2,21,22,23);1H. The van der Waals surface area contributed by atoms with Crippen LogP contribution in [0, 0.1) is 0 Å². The van der Waals surface area contributed by atoms with Crippen LogP contribution in [0.2, 0.25) is 0 Å². The van der Waals surface area contributed by atoms with E-state index in [1.807, 2.05) is 12.1 Å².